The summed E-state index contributed by atoms with van der Waals surface area (Å²) in [5, 5.41) is 12.6. The zero-order chi connectivity index (χ0) is 21.0. The number of aromatic nitrogens is 2. The highest BCUT2D eigenvalue weighted by Crippen LogP contribution is 2.38. The van der Waals surface area contributed by atoms with Crippen molar-refractivity contribution >= 4 is 17.7 Å². The van der Waals surface area contributed by atoms with Gasteiger partial charge in [-0.25, -0.2) is 9.97 Å². The molecule has 3 N–H and O–H groups in total. The highest BCUT2D eigenvalue weighted by atomic mass is 15.3. The normalized spacial score (nSPS) is 18.8. The predicted octanol–water partition coefficient (Wildman–Crippen LogP) is 2.60. The van der Waals surface area contributed by atoms with E-state index in [4.69, 9.17) is 16.0 Å². The maximum atomic E-state index is 9.12. The minimum atomic E-state index is 0.444. The van der Waals surface area contributed by atoms with Gasteiger partial charge < -0.3 is 16.0 Å². The number of nitrogens with one attached hydrogen (secondary N) is 1. The highest BCUT2D eigenvalue weighted by Gasteiger charge is 2.37. The van der Waals surface area contributed by atoms with Gasteiger partial charge in [0.2, 0.25) is 5.95 Å². The molecule has 0 saturated carbocycles. The molecule has 0 aliphatic carbocycles. The van der Waals surface area contributed by atoms with E-state index in [1.165, 1.54) is 12.6 Å². The molecule has 154 valence electrons. The number of piperidine rings is 1. The number of hydrogen-bond donors (Lipinski definition) is 2. The van der Waals surface area contributed by atoms with Crippen molar-refractivity contribution in [2.24, 2.45) is 16.1 Å². The van der Waals surface area contributed by atoms with Gasteiger partial charge in [-0.3, -0.25) is 4.99 Å². The van der Waals surface area contributed by atoms with Crippen LogP contribution in [0.15, 0.2) is 41.7 Å². The monoisotopic (exact) mass is 401 g/mol. The number of anilines is 1. The van der Waals surface area contributed by atoms with Crippen LogP contribution in [0.4, 0.5) is 5.95 Å². The molecule has 7 nitrogen and oxygen atoms in total. The molecule has 2 aromatic rings. The van der Waals surface area contributed by atoms with Crippen LogP contribution in [0.5, 0.6) is 0 Å². The smallest absolute Gasteiger partial charge is 0.225 e. The van der Waals surface area contributed by atoms with E-state index in [0.717, 1.165) is 67.4 Å². The molecular formula is C23H27N7. The van der Waals surface area contributed by atoms with Crippen molar-refractivity contribution in [2.45, 2.75) is 19.3 Å². The zero-order valence-corrected chi connectivity index (χ0v) is 17.3. The van der Waals surface area contributed by atoms with E-state index in [9.17, 15) is 0 Å². The molecule has 2 fully saturated rings. The van der Waals surface area contributed by atoms with Crippen LogP contribution in [0.2, 0.25) is 0 Å². The van der Waals surface area contributed by atoms with Crippen molar-refractivity contribution in [1.29, 1.82) is 5.26 Å². The molecule has 30 heavy (non-hydrogen) atoms. The Morgan fingerprint density at radius 1 is 1.27 bits per heavy atom. The van der Waals surface area contributed by atoms with Gasteiger partial charge in [0.15, 0.2) is 0 Å². The van der Waals surface area contributed by atoms with E-state index in [2.05, 4.69) is 26.3 Å². The molecule has 3 heterocycles. The first-order chi connectivity index (χ1) is 14.7. The van der Waals surface area contributed by atoms with Crippen LogP contribution >= 0.6 is 0 Å². The van der Waals surface area contributed by atoms with Crippen LogP contribution in [0, 0.1) is 16.7 Å². The highest BCUT2D eigenvalue weighted by molar-refractivity contribution is 6.11. The molecule has 0 bridgehead atoms. The maximum Gasteiger partial charge on any atom is 0.225 e. The summed E-state index contributed by atoms with van der Waals surface area (Å²) in [7, 11) is 1.71. The average molecular weight is 402 g/mol. The van der Waals surface area contributed by atoms with Gasteiger partial charge >= 0.3 is 0 Å². The molecule has 2 aliphatic heterocycles. The van der Waals surface area contributed by atoms with Crippen molar-refractivity contribution in [3.8, 4) is 17.3 Å². The zero-order valence-electron chi connectivity index (χ0n) is 17.3. The molecule has 1 spiro atoms. The van der Waals surface area contributed by atoms with Crippen LogP contribution < -0.4 is 16.0 Å². The lowest BCUT2D eigenvalue weighted by Crippen LogP contribution is -2.42. The van der Waals surface area contributed by atoms with Crippen LogP contribution in [0.1, 0.15) is 30.4 Å². The first kappa shape index (κ1) is 20.0. The van der Waals surface area contributed by atoms with Crippen molar-refractivity contribution < 1.29 is 0 Å². The summed E-state index contributed by atoms with van der Waals surface area (Å²) in [6.07, 6.45) is 8.65. The molecule has 1 aromatic heterocycles. The molecule has 0 atom stereocenters. The molecule has 1 aromatic carbocycles. The fraction of sp³-hybridized carbons (Fsp3) is 0.391. The molecule has 0 amide bonds. The molecular weight excluding hydrogens is 374 g/mol. The Bertz CT molecular complexity index is 985. The quantitative estimate of drug-likeness (QED) is 0.764. The number of hydrogen-bond acceptors (Lipinski definition) is 7. The summed E-state index contributed by atoms with van der Waals surface area (Å²) in [5.41, 5.74) is 10.2. The van der Waals surface area contributed by atoms with Gasteiger partial charge in [-0.15, -0.1) is 0 Å². The summed E-state index contributed by atoms with van der Waals surface area (Å²) in [5.74, 6) is 0.740. The van der Waals surface area contributed by atoms with E-state index < -0.39 is 0 Å². The Morgan fingerprint density at radius 3 is 2.63 bits per heavy atom. The van der Waals surface area contributed by atoms with E-state index in [1.54, 1.807) is 25.4 Å². The standard InChI is InChI=1S/C23H27N7/c1-26-14-19(13-25)20-15-28-22(29-21(20)18-4-2-17(12-24)3-5-18)30-10-7-23(8-11-30)6-9-27-16-23/h2-5,13-15,27H,6-11,16,25H2,1H3. The van der Waals surface area contributed by atoms with Crippen LogP contribution in [-0.2, 0) is 0 Å². The third kappa shape index (κ3) is 3.91. The molecule has 0 radical (unpaired) electrons. The number of benzene rings is 1. The third-order valence-corrected chi connectivity index (χ3v) is 6.26. The second-order valence-electron chi connectivity index (χ2n) is 8.04. The van der Waals surface area contributed by atoms with E-state index in [0.29, 0.717) is 11.0 Å². The Hall–Kier alpha value is -3.24. The number of nitrogens with two attached hydrogens (primary N) is 1. The summed E-state index contributed by atoms with van der Waals surface area (Å²) >= 11 is 0. The van der Waals surface area contributed by atoms with Crippen LogP contribution in [-0.4, -0.2) is 49.4 Å². The van der Waals surface area contributed by atoms with Crippen LogP contribution in [0.25, 0.3) is 16.8 Å². The Balaban J connectivity index is 1.69. The van der Waals surface area contributed by atoms with Crippen molar-refractivity contribution in [1.82, 2.24) is 15.3 Å². The number of rotatable bonds is 4. The van der Waals surface area contributed by atoms with Gasteiger partial charge in [-0.05, 0) is 43.4 Å². The van der Waals surface area contributed by atoms with E-state index in [1.807, 2.05) is 18.3 Å². The second kappa shape index (κ2) is 8.64. The summed E-state index contributed by atoms with van der Waals surface area (Å²) in [4.78, 5) is 16.0. The number of nitrogens with zero attached hydrogens (tertiary/aromatic N) is 5. The minimum Gasteiger partial charge on any atom is -0.404 e. The van der Waals surface area contributed by atoms with Gasteiger partial charge in [0.1, 0.15) is 0 Å². The molecule has 4 rings (SSSR count). The van der Waals surface area contributed by atoms with Gasteiger partial charge in [0.25, 0.3) is 0 Å². The Labute approximate surface area is 177 Å². The summed E-state index contributed by atoms with van der Waals surface area (Å²) in [6.45, 7) is 4.17. The summed E-state index contributed by atoms with van der Waals surface area (Å²) < 4.78 is 0. The fourth-order valence-electron chi connectivity index (χ4n) is 4.40. The van der Waals surface area contributed by atoms with Gasteiger partial charge in [-0.2, -0.15) is 5.26 Å². The first-order valence-electron chi connectivity index (χ1n) is 10.4. The number of aliphatic imine (C=N–C) groups is 1. The van der Waals surface area contributed by atoms with Gasteiger partial charge in [0.05, 0.1) is 17.3 Å². The molecule has 0 unspecified atom stereocenters. The maximum absolute atomic E-state index is 9.12. The minimum absolute atomic E-state index is 0.444. The predicted molar refractivity (Wildman–Crippen MR) is 120 cm³/mol. The molecule has 7 heteroatoms. The van der Waals surface area contributed by atoms with Crippen LogP contribution in [0.3, 0.4) is 0 Å². The SMILES string of the molecule is CN=CC(=CN)c1cnc(N2CCC3(CCNC3)CC2)nc1-c1ccc(C#N)cc1. The van der Waals surface area contributed by atoms with Gasteiger partial charge in [0, 0.05) is 62.0 Å². The van der Waals surface area contributed by atoms with E-state index in [-0.39, 0.29) is 0 Å². The number of nitriles is 1. The Morgan fingerprint density at radius 2 is 2.03 bits per heavy atom. The van der Waals surface area contributed by atoms with Crippen molar-refractivity contribution in [2.75, 3.05) is 38.1 Å². The molecule has 2 aliphatic rings. The topological polar surface area (TPSA) is 103 Å². The Kier molecular flexibility index (Phi) is 5.77. The summed E-state index contributed by atoms with van der Waals surface area (Å²) in [6, 6.07) is 9.61. The second-order valence-corrected chi connectivity index (χ2v) is 8.04. The van der Waals surface area contributed by atoms with Crippen molar-refractivity contribution in [3.05, 3.63) is 47.8 Å². The van der Waals surface area contributed by atoms with Crippen molar-refractivity contribution in [3.63, 3.8) is 0 Å². The van der Waals surface area contributed by atoms with Gasteiger partial charge in [-0.1, -0.05) is 12.1 Å². The first-order valence-corrected chi connectivity index (χ1v) is 10.4. The number of allylic oxidation sites excluding steroid dienone is 1. The largest absolute Gasteiger partial charge is 0.404 e. The average Bonchev–Trinajstić information content (AvgIpc) is 3.25. The molecule has 2 saturated heterocycles. The fourth-order valence-corrected chi connectivity index (χ4v) is 4.40. The lowest BCUT2D eigenvalue weighted by Gasteiger charge is -2.39. The lowest BCUT2D eigenvalue weighted by molar-refractivity contribution is 0.246. The van der Waals surface area contributed by atoms with E-state index >= 15 is 0 Å². The third-order valence-electron chi connectivity index (χ3n) is 6.26. The lowest BCUT2D eigenvalue weighted by atomic mass is 9.78.